The number of nitrogens with zero attached hydrogens (tertiary/aromatic N) is 1. The Balaban J connectivity index is 2.37. The number of nitrogens with one attached hydrogen (secondary N) is 1. The zero-order chi connectivity index (χ0) is 15.1. The Morgan fingerprint density at radius 1 is 1.38 bits per heavy atom. The van der Waals surface area contributed by atoms with Gasteiger partial charge in [-0.25, -0.2) is 4.57 Å². The van der Waals surface area contributed by atoms with Crippen molar-refractivity contribution in [3.63, 3.8) is 0 Å². The van der Waals surface area contributed by atoms with Gasteiger partial charge >= 0.3 is 0 Å². The quantitative estimate of drug-likeness (QED) is 0.709. The fourth-order valence-electron chi connectivity index (χ4n) is 2.28. The number of hydrogen-bond donors (Lipinski definition) is 2. The number of fused-ring (bicyclic) bond motifs is 1. The van der Waals surface area contributed by atoms with Crippen molar-refractivity contribution in [2.75, 3.05) is 0 Å². The van der Waals surface area contributed by atoms with E-state index in [-0.39, 0.29) is 16.1 Å². The predicted octanol–water partition coefficient (Wildman–Crippen LogP) is 3.69. The highest BCUT2D eigenvalue weighted by molar-refractivity contribution is 7.71. The molecule has 0 aliphatic heterocycles. The highest BCUT2D eigenvalue weighted by atomic mass is 32.1. The smallest absolute Gasteiger partial charge is 0.267 e. The van der Waals surface area contributed by atoms with Crippen LogP contribution in [0.15, 0.2) is 29.1 Å². The van der Waals surface area contributed by atoms with Gasteiger partial charge in [-0.2, -0.15) is 0 Å². The SMILES string of the molecule is CCc1cc2c(=O)n(-c3ccc(C)cc3O)c(=S)[nH]c2s1. The lowest BCUT2D eigenvalue weighted by Crippen LogP contribution is -2.19. The molecular weight excluding hydrogens is 304 g/mol. The van der Waals surface area contributed by atoms with E-state index in [1.54, 1.807) is 12.1 Å². The van der Waals surface area contributed by atoms with E-state index in [4.69, 9.17) is 12.2 Å². The highest BCUT2D eigenvalue weighted by Gasteiger charge is 2.13. The molecule has 1 aromatic carbocycles. The maximum Gasteiger partial charge on any atom is 0.267 e. The van der Waals surface area contributed by atoms with E-state index in [1.165, 1.54) is 15.9 Å². The summed E-state index contributed by atoms with van der Waals surface area (Å²) in [6, 6.07) is 7.04. The Bertz CT molecular complexity index is 950. The molecule has 0 fully saturated rings. The van der Waals surface area contributed by atoms with Gasteiger partial charge < -0.3 is 10.1 Å². The van der Waals surface area contributed by atoms with Crippen LogP contribution in [-0.4, -0.2) is 14.7 Å². The molecule has 0 saturated carbocycles. The summed E-state index contributed by atoms with van der Waals surface area (Å²) in [5.74, 6) is 0.0434. The van der Waals surface area contributed by atoms with Crippen molar-refractivity contribution in [2.24, 2.45) is 0 Å². The van der Waals surface area contributed by atoms with E-state index >= 15 is 0 Å². The maximum absolute atomic E-state index is 12.7. The lowest BCUT2D eigenvalue weighted by molar-refractivity contribution is 0.471. The van der Waals surface area contributed by atoms with Gasteiger partial charge in [-0.05, 0) is 49.3 Å². The van der Waals surface area contributed by atoms with Crippen molar-refractivity contribution in [3.05, 3.63) is 49.8 Å². The molecule has 2 N–H and O–H groups in total. The number of aromatic amines is 1. The van der Waals surface area contributed by atoms with Crippen LogP contribution in [-0.2, 0) is 6.42 Å². The number of aromatic hydroxyl groups is 1. The molecule has 0 spiro atoms. The van der Waals surface area contributed by atoms with Gasteiger partial charge in [-0.3, -0.25) is 4.79 Å². The monoisotopic (exact) mass is 318 g/mol. The zero-order valence-electron chi connectivity index (χ0n) is 11.6. The summed E-state index contributed by atoms with van der Waals surface area (Å²) in [4.78, 5) is 17.7. The minimum absolute atomic E-state index is 0.0434. The Labute approximate surface area is 130 Å². The summed E-state index contributed by atoms with van der Waals surface area (Å²) < 4.78 is 1.63. The lowest BCUT2D eigenvalue weighted by Gasteiger charge is -2.09. The summed E-state index contributed by atoms with van der Waals surface area (Å²) in [7, 11) is 0. The number of thiophene rings is 1. The molecule has 0 saturated heterocycles. The molecule has 0 aliphatic rings. The van der Waals surface area contributed by atoms with E-state index in [9.17, 15) is 9.90 Å². The van der Waals surface area contributed by atoms with E-state index < -0.39 is 0 Å². The maximum atomic E-state index is 12.7. The van der Waals surface area contributed by atoms with Crippen molar-refractivity contribution >= 4 is 33.8 Å². The fourth-order valence-corrected chi connectivity index (χ4v) is 3.61. The number of phenolic OH excluding ortho intramolecular Hbond substituents is 1. The third-order valence-electron chi connectivity index (χ3n) is 3.36. The standard InChI is InChI=1S/C15H14N2O2S2/c1-3-9-7-10-13(21-9)16-15(20)17(14(10)19)11-5-4-8(2)6-12(11)18/h4-7,18H,3H2,1-2H3,(H,16,20). The van der Waals surface area contributed by atoms with E-state index in [0.717, 1.165) is 21.7 Å². The van der Waals surface area contributed by atoms with E-state index in [1.807, 2.05) is 26.0 Å². The molecule has 108 valence electrons. The first-order valence-corrected chi connectivity index (χ1v) is 7.81. The zero-order valence-corrected chi connectivity index (χ0v) is 13.3. The normalized spacial score (nSPS) is 11.1. The summed E-state index contributed by atoms with van der Waals surface area (Å²) in [6.45, 7) is 3.92. The Morgan fingerprint density at radius 2 is 2.14 bits per heavy atom. The second-order valence-electron chi connectivity index (χ2n) is 4.87. The number of aromatic nitrogens is 2. The molecule has 0 aliphatic carbocycles. The third kappa shape index (κ3) is 2.30. The summed E-state index contributed by atoms with van der Waals surface area (Å²) in [6.07, 6.45) is 0.870. The largest absolute Gasteiger partial charge is 0.506 e. The number of rotatable bonds is 2. The fraction of sp³-hybridized carbons (Fsp3) is 0.200. The summed E-state index contributed by atoms with van der Waals surface area (Å²) in [5, 5.41) is 10.7. The molecule has 3 rings (SSSR count). The average Bonchev–Trinajstić information content (AvgIpc) is 2.84. The van der Waals surface area contributed by atoms with Crippen molar-refractivity contribution in [3.8, 4) is 11.4 Å². The van der Waals surface area contributed by atoms with Crippen molar-refractivity contribution in [1.29, 1.82) is 0 Å². The van der Waals surface area contributed by atoms with Gasteiger partial charge in [0, 0.05) is 4.88 Å². The minimum atomic E-state index is -0.205. The van der Waals surface area contributed by atoms with Crippen LogP contribution in [0, 0.1) is 11.7 Å². The molecule has 2 aromatic heterocycles. The molecule has 21 heavy (non-hydrogen) atoms. The molecule has 0 radical (unpaired) electrons. The van der Waals surface area contributed by atoms with Crippen LogP contribution in [0.25, 0.3) is 15.9 Å². The molecular formula is C15H14N2O2S2. The van der Waals surface area contributed by atoms with Crippen LogP contribution >= 0.6 is 23.6 Å². The van der Waals surface area contributed by atoms with Crippen LogP contribution < -0.4 is 5.56 Å². The second kappa shape index (κ2) is 5.13. The molecule has 3 aromatic rings. The predicted molar refractivity (Wildman–Crippen MR) is 88.4 cm³/mol. The van der Waals surface area contributed by atoms with Gasteiger partial charge in [0.2, 0.25) is 0 Å². The number of phenols is 1. The van der Waals surface area contributed by atoms with Crippen molar-refractivity contribution in [1.82, 2.24) is 9.55 Å². The van der Waals surface area contributed by atoms with Gasteiger partial charge in [0.25, 0.3) is 5.56 Å². The van der Waals surface area contributed by atoms with Gasteiger partial charge in [-0.1, -0.05) is 13.0 Å². The van der Waals surface area contributed by atoms with E-state index in [2.05, 4.69) is 4.98 Å². The Hall–Kier alpha value is -1.92. The van der Waals surface area contributed by atoms with Crippen LogP contribution in [0.3, 0.4) is 0 Å². The minimum Gasteiger partial charge on any atom is -0.506 e. The average molecular weight is 318 g/mol. The molecule has 0 bridgehead atoms. The summed E-state index contributed by atoms with van der Waals surface area (Å²) >= 11 is 6.83. The van der Waals surface area contributed by atoms with Crippen LogP contribution in [0.4, 0.5) is 0 Å². The van der Waals surface area contributed by atoms with Gasteiger partial charge in [0.05, 0.1) is 11.1 Å². The Kier molecular flexibility index (Phi) is 3.43. The van der Waals surface area contributed by atoms with Crippen molar-refractivity contribution in [2.45, 2.75) is 20.3 Å². The molecule has 0 unspecified atom stereocenters. The highest BCUT2D eigenvalue weighted by Crippen LogP contribution is 2.25. The first kappa shape index (κ1) is 14.0. The van der Waals surface area contributed by atoms with Crippen LogP contribution in [0.5, 0.6) is 5.75 Å². The van der Waals surface area contributed by atoms with Gasteiger partial charge in [0.15, 0.2) is 4.77 Å². The molecule has 0 amide bonds. The summed E-state index contributed by atoms with van der Waals surface area (Å²) in [5.41, 5.74) is 1.12. The van der Waals surface area contributed by atoms with Crippen molar-refractivity contribution < 1.29 is 5.11 Å². The molecule has 2 heterocycles. The second-order valence-corrected chi connectivity index (χ2v) is 6.40. The molecule has 4 nitrogen and oxygen atoms in total. The van der Waals surface area contributed by atoms with Gasteiger partial charge in [-0.15, -0.1) is 11.3 Å². The number of hydrogen-bond acceptors (Lipinski definition) is 4. The number of H-pyrrole nitrogens is 1. The van der Waals surface area contributed by atoms with E-state index in [0.29, 0.717) is 11.1 Å². The number of benzene rings is 1. The lowest BCUT2D eigenvalue weighted by atomic mass is 10.2. The molecule has 0 atom stereocenters. The Morgan fingerprint density at radius 3 is 2.81 bits per heavy atom. The van der Waals surface area contributed by atoms with Gasteiger partial charge in [0.1, 0.15) is 10.6 Å². The molecule has 6 heteroatoms. The van der Waals surface area contributed by atoms with Crippen LogP contribution in [0.2, 0.25) is 0 Å². The topological polar surface area (TPSA) is 58.0 Å². The first-order valence-electron chi connectivity index (χ1n) is 6.59. The van der Waals surface area contributed by atoms with Crippen LogP contribution in [0.1, 0.15) is 17.4 Å². The first-order chi connectivity index (χ1) is 10.0. The third-order valence-corrected chi connectivity index (χ3v) is 4.84. The number of aryl methyl sites for hydroxylation is 2.